The smallest absolute Gasteiger partial charge is 0.220 e. The van der Waals surface area contributed by atoms with E-state index in [0.717, 1.165) is 38.1 Å². The number of halogens is 1. The molecule has 1 amide bonds. The van der Waals surface area contributed by atoms with Gasteiger partial charge in [0.1, 0.15) is 0 Å². The summed E-state index contributed by atoms with van der Waals surface area (Å²) in [6, 6.07) is 0. The first-order chi connectivity index (χ1) is 7.20. The second-order valence-corrected chi connectivity index (χ2v) is 4.55. The van der Waals surface area contributed by atoms with Crippen LogP contribution in [-0.4, -0.2) is 18.3 Å². The van der Waals surface area contributed by atoms with Gasteiger partial charge in [-0.2, -0.15) is 0 Å². The van der Waals surface area contributed by atoms with Crippen LogP contribution in [-0.2, 0) is 4.79 Å². The maximum absolute atomic E-state index is 11.4. The SMILES string of the molecule is CCC(C)CC(=O)NCCCCCCCl. The van der Waals surface area contributed by atoms with E-state index in [0.29, 0.717) is 12.3 Å². The van der Waals surface area contributed by atoms with E-state index in [-0.39, 0.29) is 5.91 Å². The Morgan fingerprint density at radius 2 is 1.93 bits per heavy atom. The number of hydrogen-bond donors (Lipinski definition) is 1. The topological polar surface area (TPSA) is 29.1 Å². The van der Waals surface area contributed by atoms with Gasteiger partial charge in [0.05, 0.1) is 0 Å². The molecule has 0 radical (unpaired) electrons. The van der Waals surface area contributed by atoms with E-state index >= 15 is 0 Å². The fourth-order valence-electron chi connectivity index (χ4n) is 1.33. The molecule has 0 aliphatic carbocycles. The van der Waals surface area contributed by atoms with Gasteiger partial charge in [-0.15, -0.1) is 11.6 Å². The third-order valence-electron chi connectivity index (χ3n) is 2.61. The van der Waals surface area contributed by atoms with Gasteiger partial charge >= 0.3 is 0 Å². The highest BCUT2D eigenvalue weighted by Crippen LogP contribution is 2.05. The second-order valence-electron chi connectivity index (χ2n) is 4.17. The summed E-state index contributed by atoms with van der Waals surface area (Å²) < 4.78 is 0. The van der Waals surface area contributed by atoms with Crippen molar-refractivity contribution in [2.45, 2.75) is 52.4 Å². The molecule has 0 heterocycles. The Morgan fingerprint density at radius 3 is 2.53 bits per heavy atom. The molecule has 0 aliphatic rings. The molecule has 0 fully saturated rings. The Bertz CT molecular complexity index is 162. The molecule has 90 valence electrons. The average molecular weight is 234 g/mol. The molecule has 0 aromatic carbocycles. The molecular weight excluding hydrogens is 210 g/mol. The molecule has 15 heavy (non-hydrogen) atoms. The minimum atomic E-state index is 0.196. The maximum Gasteiger partial charge on any atom is 0.220 e. The number of alkyl halides is 1. The van der Waals surface area contributed by atoms with Crippen molar-refractivity contribution < 1.29 is 4.79 Å². The number of nitrogens with one attached hydrogen (secondary N) is 1. The maximum atomic E-state index is 11.4. The van der Waals surface area contributed by atoms with Gasteiger partial charge in [0.2, 0.25) is 5.91 Å². The highest BCUT2D eigenvalue weighted by atomic mass is 35.5. The van der Waals surface area contributed by atoms with Crippen LogP contribution in [0.15, 0.2) is 0 Å². The molecule has 0 saturated heterocycles. The van der Waals surface area contributed by atoms with Gasteiger partial charge in [-0.1, -0.05) is 33.1 Å². The molecule has 0 aromatic heterocycles. The van der Waals surface area contributed by atoms with Crippen LogP contribution in [0.25, 0.3) is 0 Å². The number of unbranched alkanes of at least 4 members (excludes halogenated alkanes) is 3. The number of amides is 1. The summed E-state index contributed by atoms with van der Waals surface area (Å²) in [5, 5.41) is 2.95. The van der Waals surface area contributed by atoms with Crippen LogP contribution in [0.4, 0.5) is 0 Å². The lowest BCUT2D eigenvalue weighted by atomic mass is 10.1. The largest absolute Gasteiger partial charge is 0.356 e. The molecule has 1 atom stereocenters. The third kappa shape index (κ3) is 10.1. The summed E-state index contributed by atoms with van der Waals surface area (Å²) in [6.07, 6.45) is 6.23. The Labute approximate surface area is 98.8 Å². The normalized spacial score (nSPS) is 12.5. The highest BCUT2D eigenvalue weighted by molar-refractivity contribution is 6.17. The molecule has 0 aliphatic heterocycles. The Kier molecular flexibility index (Phi) is 10.1. The van der Waals surface area contributed by atoms with Crippen LogP contribution >= 0.6 is 11.6 Å². The summed E-state index contributed by atoms with van der Waals surface area (Å²) in [7, 11) is 0. The monoisotopic (exact) mass is 233 g/mol. The molecule has 0 bridgehead atoms. The number of rotatable bonds is 9. The molecule has 0 saturated carbocycles. The van der Waals surface area contributed by atoms with E-state index in [9.17, 15) is 4.79 Å². The van der Waals surface area contributed by atoms with Crippen LogP contribution in [0, 0.1) is 5.92 Å². The molecule has 1 N–H and O–H groups in total. The Hall–Kier alpha value is -0.240. The predicted molar refractivity (Wildman–Crippen MR) is 66.3 cm³/mol. The van der Waals surface area contributed by atoms with Gasteiger partial charge in [0.25, 0.3) is 0 Å². The van der Waals surface area contributed by atoms with Crippen LogP contribution in [0.2, 0.25) is 0 Å². The molecular formula is C12H24ClNO. The van der Waals surface area contributed by atoms with Crippen molar-refractivity contribution >= 4 is 17.5 Å². The average Bonchev–Trinajstić information content (AvgIpc) is 2.23. The minimum Gasteiger partial charge on any atom is -0.356 e. The van der Waals surface area contributed by atoms with Crippen molar-refractivity contribution in [3.8, 4) is 0 Å². The number of carbonyl (C=O) groups is 1. The zero-order chi connectivity index (χ0) is 11.5. The van der Waals surface area contributed by atoms with E-state index in [1.165, 1.54) is 6.42 Å². The zero-order valence-electron chi connectivity index (χ0n) is 10.0. The Balaban J connectivity index is 3.24. The first kappa shape index (κ1) is 14.8. The summed E-state index contributed by atoms with van der Waals surface area (Å²) in [4.78, 5) is 11.4. The first-order valence-corrected chi connectivity index (χ1v) is 6.56. The van der Waals surface area contributed by atoms with Gasteiger partial charge in [-0.25, -0.2) is 0 Å². The van der Waals surface area contributed by atoms with Crippen LogP contribution in [0.3, 0.4) is 0 Å². The highest BCUT2D eigenvalue weighted by Gasteiger charge is 2.05. The molecule has 1 unspecified atom stereocenters. The fraction of sp³-hybridized carbons (Fsp3) is 0.917. The van der Waals surface area contributed by atoms with E-state index in [1.54, 1.807) is 0 Å². The minimum absolute atomic E-state index is 0.196. The van der Waals surface area contributed by atoms with Crippen LogP contribution in [0.5, 0.6) is 0 Å². The van der Waals surface area contributed by atoms with Gasteiger partial charge < -0.3 is 5.32 Å². The van der Waals surface area contributed by atoms with E-state index in [2.05, 4.69) is 19.2 Å². The number of carbonyl (C=O) groups excluding carboxylic acids is 1. The lowest BCUT2D eigenvalue weighted by Gasteiger charge is -2.08. The van der Waals surface area contributed by atoms with Gasteiger partial charge in [0, 0.05) is 18.8 Å². The third-order valence-corrected chi connectivity index (χ3v) is 2.88. The quantitative estimate of drug-likeness (QED) is 0.480. The van der Waals surface area contributed by atoms with Crippen molar-refractivity contribution in [2.24, 2.45) is 5.92 Å². The second kappa shape index (κ2) is 10.3. The zero-order valence-corrected chi connectivity index (χ0v) is 10.8. The van der Waals surface area contributed by atoms with Crippen molar-refractivity contribution in [1.82, 2.24) is 5.32 Å². The predicted octanol–water partition coefficient (Wildman–Crippen LogP) is 3.34. The van der Waals surface area contributed by atoms with Gasteiger partial charge in [-0.05, 0) is 18.8 Å². The van der Waals surface area contributed by atoms with Crippen LogP contribution in [0.1, 0.15) is 52.4 Å². The summed E-state index contributed by atoms with van der Waals surface area (Å²) in [6.45, 7) is 5.04. The van der Waals surface area contributed by atoms with E-state index < -0.39 is 0 Å². The molecule has 0 spiro atoms. The van der Waals surface area contributed by atoms with Crippen molar-refractivity contribution in [2.75, 3.05) is 12.4 Å². The molecule has 0 rings (SSSR count). The molecule has 2 nitrogen and oxygen atoms in total. The van der Waals surface area contributed by atoms with Crippen LogP contribution < -0.4 is 5.32 Å². The lowest BCUT2D eigenvalue weighted by molar-refractivity contribution is -0.121. The lowest BCUT2D eigenvalue weighted by Crippen LogP contribution is -2.25. The molecule has 3 heteroatoms. The fourth-order valence-corrected chi connectivity index (χ4v) is 1.52. The Morgan fingerprint density at radius 1 is 1.27 bits per heavy atom. The van der Waals surface area contributed by atoms with Crippen molar-refractivity contribution in [3.05, 3.63) is 0 Å². The van der Waals surface area contributed by atoms with Gasteiger partial charge in [0.15, 0.2) is 0 Å². The van der Waals surface area contributed by atoms with Crippen molar-refractivity contribution in [3.63, 3.8) is 0 Å². The number of hydrogen-bond acceptors (Lipinski definition) is 1. The van der Waals surface area contributed by atoms with Gasteiger partial charge in [-0.3, -0.25) is 4.79 Å². The van der Waals surface area contributed by atoms with Crippen molar-refractivity contribution in [1.29, 1.82) is 0 Å². The summed E-state index contributed by atoms with van der Waals surface area (Å²) in [5.41, 5.74) is 0. The first-order valence-electron chi connectivity index (χ1n) is 6.03. The summed E-state index contributed by atoms with van der Waals surface area (Å²) in [5.74, 6) is 1.45. The van der Waals surface area contributed by atoms with E-state index in [4.69, 9.17) is 11.6 Å². The van der Waals surface area contributed by atoms with E-state index in [1.807, 2.05) is 0 Å². The summed E-state index contributed by atoms with van der Waals surface area (Å²) >= 11 is 5.57. The standard InChI is InChI=1S/C12H24ClNO/c1-3-11(2)10-12(15)14-9-7-5-4-6-8-13/h11H,3-10H2,1-2H3,(H,14,15). The molecule has 0 aromatic rings.